The molecule has 0 aliphatic carbocycles. The number of nitrogens with zero attached hydrogens (tertiary/aromatic N) is 1. The van der Waals surface area contributed by atoms with E-state index in [4.69, 9.17) is 0 Å². The van der Waals surface area contributed by atoms with Crippen LogP contribution in [0.3, 0.4) is 0 Å². The number of benzene rings is 1. The SMILES string of the molecule is C[NH+]1CCCN(S(=O)(=O)c2ccc(F)c(C(=O)[O-])c2)CC1. The lowest BCUT2D eigenvalue weighted by molar-refractivity contribution is -0.877. The molecule has 1 saturated heterocycles. The Kier molecular flexibility index (Phi) is 4.60. The first-order valence-corrected chi connectivity index (χ1v) is 8.08. The van der Waals surface area contributed by atoms with Gasteiger partial charge >= 0.3 is 0 Å². The average Bonchev–Trinajstić information content (AvgIpc) is 2.63. The molecule has 0 amide bonds. The Morgan fingerprint density at radius 2 is 2.05 bits per heavy atom. The van der Waals surface area contributed by atoms with Gasteiger partial charge in [-0.15, -0.1) is 0 Å². The van der Waals surface area contributed by atoms with Crippen LogP contribution in [0.4, 0.5) is 4.39 Å². The number of likely N-dealkylation sites (N-methyl/N-ethyl adjacent to an activating group) is 1. The average molecular weight is 316 g/mol. The molecule has 1 unspecified atom stereocenters. The van der Waals surface area contributed by atoms with E-state index >= 15 is 0 Å². The Hall–Kier alpha value is -1.51. The number of carboxylic acids is 1. The van der Waals surface area contributed by atoms with Gasteiger partial charge < -0.3 is 14.8 Å². The van der Waals surface area contributed by atoms with Gasteiger partial charge in [-0.2, -0.15) is 4.31 Å². The van der Waals surface area contributed by atoms with Gasteiger partial charge in [0.25, 0.3) is 0 Å². The first-order chi connectivity index (χ1) is 9.82. The molecule has 1 aromatic carbocycles. The van der Waals surface area contributed by atoms with Crippen molar-refractivity contribution >= 4 is 16.0 Å². The summed E-state index contributed by atoms with van der Waals surface area (Å²) < 4.78 is 39.7. The molecule has 0 bridgehead atoms. The van der Waals surface area contributed by atoms with Gasteiger partial charge in [0.1, 0.15) is 5.82 Å². The summed E-state index contributed by atoms with van der Waals surface area (Å²) in [4.78, 5) is 11.8. The van der Waals surface area contributed by atoms with Crippen molar-refractivity contribution in [3.05, 3.63) is 29.6 Å². The molecule has 1 atom stereocenters. The van der Waals surface area contributed by atoms with E-state index in [1.54, 1.807) is 0 Å². The second-order valence-electron chi connectivity index (χ2n) is 5.14. The number of hydrogen-bond acceptors (Lipinski definition) is 4. The van der Waals surface area contributed by atoms with Crippen molar-refractivity contribution in [3.63, 3.8) is 0 Å². The van der Waals surface area contributed by atoms with Crippen molar-refractivity contribution in [2.75, 3.05) is 33.2 Å². The minimum absolute atomic E-state index is 0.220. The Bertz CT molecular complexity index is 648. The van der Waals surface area contributed by atoms with Crippen molar-refractivity contribution in [3.8, 4) is 0 Å². The Balaban J connectivity index is 2.35. The number of quaternary nitrogens is 1. The van der Waals surface area contributed by atoms with E-state index in [9.17, 15) is 22.7 Å². The fourth-order valence-electron chi connectivity index (χ4n) is 2.32. The van der Waals surface area contributed by atoms with Gasteiger partial charge in [-0.05, 0) is 18.2 Å². The van der Waals surface area contributed by atoms with Crippen molar-refractivity contribution in [1.82, 2.24) is 4.31 Å². The highest BCUT2D eigenvalue weighted by Crippen LogP contribution is 2.19. The summed E-state index contributed by atoms with van der Waals surface area (Å²) >= 11 is 0. The van der Waals surface area contributed by atoms with Crippen LogP contribution in [0, 0.1) is 5.82 Å². The van der Waals surface area contributed by atoms with Crippen LogP contribution in [0.25, 0.3) is 0 Å². The molecule has 1 aliphatic rings. The molecule has 0 aromatic heterocycles. The molecule has 1 fully saturated rings. The molecule has 1 heterocycles. The zero-order chi connectivity index (χ0) is 15.6. The number of halogens is 1. The lowest BCUT2D eigenvalue weighted by atomic mass is 10.2. The van der Waals surface area contributed by atoms with Gasteiger partial charge in [0.15, 0.2) is 0 Å². The molecular formula is C13H17FN2O4S. The number of aromatic carboxylic acids is 1. The topological polar surface area (TPSA) is 82.0 Å². The van der Waals surface area contributed by atoms with Crippen LogP contribution in [-0.4, -0.2) is 51.9 Å². The molecule has 116 valence electrons. The van der Waals surface area contributed by atoms with Crippen LogP contribution >= 0.6 is 0 Å². The maximum Gasteiger partial charge on any atom is 0.243 e. The third kappa shape index (κ3) is 3.39. The van der Waals surface area contributed by atoms with Gasteiger partial charge in [-0.25, -0.2) is 12.8 Å². The maximum absolute atomic E-state index is 13.3. The van der Waals surface area contributed by atoms with Crippen LogP contribution in [0.2, 0.25) is 0 Å². The number of rotatable bonds is 3. The third-order valence-electron chi connectivity index (χ3n) is 3.59. The number of nitrogens with one attached hydrogen (secondary N) is 1. The number of sulfonamides is 1. The third-order valence-corrected chi connectivity index (χ3v) is 5.49. The standard InChI is InChI=1S/C13H17FN2O4S/c1-15-5-2-6-16(8-7-15)21(19,20)10-3-4-12(14)11(9-10)13(17)18/h3-4,9H,2,5-8H2,1H3,(H,17,18). The molecule has 1 aromatic rings. The summed E-state index contributed by atoms with van der Waals surface area (Å²) in [5, 5.41) is 10.8. The fraction of sp³-hybridized carbons (Fsp3) is 0.462. The van der Waals surface area contributed by atoms with Crippen LogP contribution in [0.5, 0.6) is 0 Å². The Morgan fingerprint density at radius 3 is 2.71 bits per heavy atom. The van der Waals surface area contributed by atoms with E-state index in [-0.39, 0.29) is 4.90 Å². The summed E-state index contributed by atoms with van der Waals surface area (Å²) in [6.07, 6.45) is 0.722. The summed E-state index contributed by atoms with van der Waals surface area (Å²) in [6, 6.07) is 2.74. The number of carbonyl (C=O) groups is 1. The minimum Gasteiger partial charge on any atom is -0.545 e. The highest BCUT2D eigenvalue weighted by atomic mass is 32.2. The summed E-state index contributed by atoms with van der Waals surface area (Å²) in [5.74, 6) is -2.74. The largest absolute Gasteiger partial charge is 0.545 e. The molecule has 2 rings (SSSR count). The van der Waals surface area contributed by atoms with Gasteiger partial charge in [0.05, 0.1) is 37.5 Å². The zero-order valence-electron chi connectivity index (χ0n) is 11.6. The molecule has 0 spiro atoms. The van der Waals surface area contributed by atoms with E-state index in [0.717, 1.165) is 31.2 Å². The zero-order valence-corrected chi connectivity index (χ0v) is 12.5. The molecule has 6 nitrogen and oxygen atoms in total. The van der Waals surface area contributed by atoms with Crippen LogP contribution in [0.15, 0.2) is 23.1 Å². The smallest absolute Gasteiger partial charge is 0.243 e. The second-order valence-corrected chi connectivity index (χ2v) is 7.08. The van der Waals surface area contributed by atoms with Gasteiger partial charge in [-0.1, -0.05) is 0 Å². The number of carbonyl (C=O) groups excluding carboxylic acids is 1. The lowest BCUT2D eigenvalue weighted by Crippen LogP contribution is -3.09. The summed E-state index contributed by atoms with van der Waals surface area (Å²) in [6.45, 7) is 2.28. The lowest BCUT2D eigenvalue weighted by Gasteiger charge is -2.19. The molecule has 1 N–H and O–H groups in total. The Morgan fingerprint density at radius 1 is 1.33 bits per heavy atom. The van der Waals surface area contributed by atoms with E-state index in [1.165, 1.54) is 9.21 Å². The van der Waals surface area contributed by atoms with Crippen LogP contribution in [0.1, 0.15) is 16.8 Å². The van der Waals surface area contributed by atoms with Crippen molar-refractivity contribution in [2.24, 2.45) is 0 Å². The molecule has 0 radical (unpaired) electrons. The predicted octanol–water partition coefficient (Wildman–Crippen LogP) is -1.90. The van der Waals surface area contributed by atoms with Crippen LogP contribution in [-0.2, 0) is 10.0 Å². The first kappa shape index (κ1) is 15.9. The van der Waals surface area contributed by atoms with E-state index in [0.29, 0.717) is 19.6 Å². The van der Waals surface area contributed by atoms with E-state index < -0.39 is 27.4 Å². The van der Waals surface area contributed by atoms with Crippen molar-refractivity contribution in [2.45, 2.75) is 11.3 Å². The van der Waals surface area contributed by atoms with Crippen molar-refractivity contribution in [1.29, 1.82) is 0 Å². The number of carboxylic acid groups (broad SMARTS) is 1. The molecular weight excluding hydrogens is 299 g/mol. The van der Waals surface area contributed by atoms with Crippen molar-refractivity contribution < 1.29 is 27.6 Å². The van der Waals surface area contributed by atoms with Gasteiger partial charge in [-0.3, -0.25) is 0 Å². The maximum atomic E-state index is 13.3. The Labute approximate surface area is 122 Å². The summed E-state index contributed by atoms with van der Waals surface area (Å²) in [5.41, 5.74) is -0.742. The van der Waals surface area contributed by atoms with Gasteiger partial charge in [0, 0.05) is 18.5 Å². The van der Waals surface area contributed by atoms with E-state index in [2.05, 4.69) is 0 Å². The normalized spacial score (nSPS) is 21.0. The molecule has 0 saturated carbocycles. The highest BCUT2D eigenvalue weighted by Gasteiger charge is 2.28. The monoisotopic (exact) mass is 316 g/mol. The molecule has 8 heteroatoms. The number of hydrogen-bond donors (Lipinski definition) is 1. The summed E-state index contributed by atoms with van der Waals surface area (Å²) in [7, 11) is -1.83. The minimum atomic E-state index is -3.82. The highest BCUT2D eigenvalue weighted by molar-refractivity contribution is 7.89. The first-order valence-electron chi connectivity index (χ1n) is 6.64. The predicted molar refractivity (Wildman–Crippen MR) is 70.7 cm³/mol. The molecule has 21 heavy (non-hydrogen) atoms. The van der Waals surface area contributed by atoms with Crippen LogP contribution < -0.4 is 10.0 Å². The molecule has 1 aliphatic heterocycles. The van der Waals surface area contributed by atoms with E-state index in [1.807, 2.05) is 7.05 Å². The second kappa shape index (κ2) is 6.08. The quantitative estimate of drug-likeness (QED) is 0.706. The van der Waals surface area contributed by atoms with Gasteiger partial charge in [0.2, 0.25) is 10.0 Å². The fourth-order valence-corrected chi connectivity index (χ4v) is 3.83.